The Kier molecular flexibility index (Phi) is 5.22. The molecular weight excluding hydrogens is 384 g/mol. The summed E-state index contributed by atoms with van der Waals surface area (Å²) in [4.78, 5) is 12.5. The van der Waals surface area contributed by atoms with Crippen molar-refractivity contribution in [3.63, 3.8) is 0 Å². The second kappa shape index (κ2) is 6.73. The molecule has 1 N–H and O–H groups in total. The third-order valence-electron chi connectivity index (χ3n) is 3.79. The van der Waals surface area contributed by atoms with Crippen LogP contribution in [0.15, 0.2) is 27.1 Å². The van der Waals surface area contributed by atoms with Gasteiger partial charge in [-0.2, -0.15) is 5.26 Å². The number of amides is 1. The molecule has 1 fully saturated rings. The van der Waals surface area contributed by atoms with Crippen molar-refractivity contribution >= 4 is 43.5 Å². The number of carbonyl (C=O) groups excluding carboxylic acids is 1. The molecule has 0 heterocycles. The molecule has 3 nitrogen and oxygen atoms in total. The van der Waals surface area contributed by atoms with Gasteiger partial charge in [-0.05, 0) is 47.0 Å². The van der Waals surface area contributed by atoms with Crippen molar-refractivity contribution in [3.05, 3.63) is 27.1 Å². The van der Waals surface area contributed by atoms with Gasteiger partial charge in [-0.3, -0.25) is 4.79 Å². The van der Waals surface area contributed by atoms with E-state index < -0.39 is 5.41 Å². The smallest absolute Gasteiger partial charge is 0.244 e. The molecule has 0 spiro atoms. The van der Waals surface area contributed by atoms with Crippen LogP contribution in [0.25, 0.3) is 0 Å². The molecule has 0 aromatic heterocycles. The van der Waals surface area contributed by atoms with Gasteiger partial charge in [-0.15, -0.1) is 0 Å². The first kappa shape index (κ1) is 15.5. The number of benzene rings is 1. The molecule has 20 heavy (non-hydrogen) atoms. The lowest BCUT2D eigenvalue weighted by atomic mass is 9.81. The minimum Gasteiger partial charge on any atom is -0.324 e. The average molecular weight is 400 g/mol. The zero-order chi connectivity index (χ0) is 14.6. The average Bonchev–Trinajstić information content (AvgIpc) is 2.68. The molecule has 1 amide bonds. The quantitative estimate of drug-likeness (QED) is 0.710. The summed E-state index contributed by atoms with van der Waals surface area (Å²) in [5.74, 6) is -0.176. The summed E-state index contributed by atoms with van der Waals surface area (Å²) in [6.07, 6.45) is 5.43. The molecule has 0 unspecified atom stereocenters. The normalized spacial score (nSPS) is 17.9. The van der Waals surface area contributed by atoms with Crippen molar-refractivity contribution in [1.82, 2.24) is 0 Å². The number of nitriles is 1. The van der Waals surface area contributed by atoms with E-state index in [1.165, 1.54) is 0 Å². The van der Waals surface area contributed by atoms with Crippen molar-refractivity contribution < 1.29 is 4.79 Å². The van der Waals surface area contributed by atoms with E-state index in [1.807, 2.05) is 18.2 Å². The van der Waals surface area contributed by atoms with Crippen LogP contribution in [0, 0.1) is 16.7 Å². The minimum absolute atomic E-state index is 0.176. The lowest BCUT2D eigenvalue weighted by Crippen LogP contribution is -2.34. The molecule has 0 atom stereocenters. The summed E-state index contributed by atoms with van der Waals surface area (Å²) in [6.45, 7) is 0. The summed E-state index contributed by atoms with van der Waals surface area (Å²) in [7, 11) is 0. The minimum atomic E-state index is -0.872. The lowest BCUT2D eigenvalue weighted by molar-refractivity contribution is -0.123. The van der Waals surface area contributed by atoms with Crippen molar-refractivity contribution in [1.29, 1.82) is 5.26 Å². The fourth-order valence-corrected chi connectivity index (χ4v) is 3.70. The van der Waals surface area contributed by atoms with Gasteiger partial charge in [0.1, 0.15) is 5.41 Å². The van der Waals surface area contributed by atoms with Gasteiger partial charge < -0.3 is 5.32 Å². The standard InChI is InChI=1S/C15H16Br2N2O/c16-11-5-6-13(12(17)9-11)19-14(20)15(10-18)7-3-1-2-4-8-15/h5-6,9H,1-4,7-8H2,(H,19,20). The van der Waals surface area contributed by atoms with Crippen LogP contribution < -0.4 is 5.32 Å². The molecule has 2 rings (SSSR count). The maximum absolute atomic E-state index is 12.5. The summed E-state index contributed by atoms with van der Waals surface area (Å²) in [6, 6.07) is 7.84. The summed E-state index contributed by atoms with van der Waals surface area (Å²) >= 11 is 6.81. The third kappa shape index (κ3) is 3.42. The molecule has 1 aliphatic rings. The number of hydrogen-bond acceptors (Lipinski definition) is 2. The van der Waals surface area contributed by atoms with Crippen LogP contribution in [0.1, 0.15) is 38.5 Å². The van der Waals surface area contributed by atoms with Gasteiger partial charge in [-0.25, -0.2) is 0 Å². The molecule has 0 aliphatic heterocycles. The molecule has 0 saturated heterocycles. The highest BCUT2D eigenvalue weighted by Gasteiger charge is 2.39. The second-order valence-electron chi connectivity index (χ2n) is 5.19. The molecule has 1 aromatic carbocycles. The van der Waals surface area contributed by atoms with Crippen molar-refractivity contribution in [2.24, 2.45) is 5.41 Å². The highest BCUT2D eigenvalue weighted by molar-refractivity contribution is 9.11. The fraction of sp³-hybridized carbons (Fsp3) is 0.467. The van der Waals surface area contributed by atoms with Gasteiger partial charge in [0, 0.05) is 8.95 Å². The number of halogens is 2. The number of anilines is 1. The van der Waals surface area contributed by atoms with Crippen LogP contribution in [0.2, 0.25) is 0 Å². The second-order valence-corrected chi connectivity index (χ2v) is 6.96. The van der Waals surface area contributed by atoms with Crippen LogP contribution in [-0.4, -0.2) is 5.91 Å². The van der Waals surface area contributed by atoms with Gasteiger partial charge in [0.15, 0.2) is 0 Å². The van der Waals surface area contributed by atoms with E-state index in [2.05, 4.69) is 43.2 Å². The van der Waals surface area contributed by atoms with Crippen LogP contribution in [0.5, 0.6) is 0 Å². The van der Waals surface area contributed by atoms with Gasteiger partial charge in [-0.1, -0.05) is 41.6 Å². The number of hydrogen-bond donors (Lipinski definition) is 1. The van der Waals surface area contributed by atoms with Crippen LogP contribution >= 0.6 is 31.9 Å². The Morgan fingerprint density at radius 3 is 2.40 bits per heavy atom. The van der Waals surface area contributed by atoms with Crippen LogP contribution in [0.3, 0.4) is 0 Å². The van der Waals surface area contributed by atoms with Gasteiger partial charge in [0.2, 0.25) is 5.91 Å². The summed E-state index contributed by atoms with van der Waals surface area (Å²) in [5, 5.41) is 12.4. The van der Waals surface area contributed by atoms with E-state index in [9.17, 15) is 10.1 Å². The third-order valence-corrected chi connectivity index (χ3v) is 4.93. The molecule has 1 aliphatic carbocycles. The summed E-state index contributed by atoms with van der Waals surface area (Å²) < 4.78 is 1.74. The van der Waals surface area contributed by atoms with E-state index in [-0.39, 0.29) is 5.91 Å². The highest BCUT2D eigenvalue weighted by Crippen LogP contribution is 2.36. The monoisotopic (exact) mass is 398 g/mol. The molecule has 106 valence electrons. The summed E-state index contributed by atoms with van der Waals surface area (Å²) in [5.41, 5.74) is -0.166. The van der Waals surface area contributed by atoms with Gasteiger partial charge in [0.25, 0.3) is 0 Å². The first-order chi connectivity index (χ1) is 9.57. The molecule has 0 bridgehead atoms. The lowest BCUT2D eigenvalue weighted by Gasteiger charge is -2.24. The topological polar surface area (TPSA) is 52.9 Å². The van der Waals surface area contributed by atoms with E-state index in [1.54, 1.807) is 0 Å². The molecular formula is C15H16Br2N2O. The molecule has 5 heteroatoms. The van der Waals surface area contributed by atoms with E-state index >= 15 is 0 Å². The van der Waals surface area contributed by atoms with Crippen molar-refractivity contribution in [3.8, 4) is 6.07 Å². The predicted octanol–water partition coefficient (Wildman–Crippen LogP) is 5.01. The Bertz CT molecular complexity index is 543. The predicted molar refractivity (Wildman–Crippen MR) is 86.2 cm³/mol. The molecule has 0 radical (unpaired) electrons. The zero-order valence-corrected chi connectivity index (χ0v) is 14.3. The maximum Gasteiger partial charge on any atom is 0.244 e. The number of nitrogens with zero attached hydrogens (tertiary/aromatic N) is 1. The van der Waals surface area contributed by atoms with Gasteiger partial charge >= 0.3 is 0 Å². The SMILES string of the molecule is N#CC1(C(=O)Nc2ccc(Br)cc2Br)CCCCCC1. The van der Waals surface area contributed by atoms with Gasteiger partial charge in [0.05, 0.1) is 11.8 Å². The fourth-order valence-electron chi connectivity index (χ4n) is 2.55. The van der Waals surface area contributed by atoms with Crippen molar-refractivity contribution in [2.75, 3.05) is 5.32 Å². The Labute approximate surface area is 136 Å². The van der Waals surface area contributed by atoms with E-state index in [0.717, 1.165) is 34.6 Å². The number of rotatable bonds is 2. The van der Waals surface area contributed by atoms with E-state index in [0.29, 0.717) is 18.5 Å². The highest BCUT2D eigenvalue weighted by atomic mass is 79.9. The molecule has 1 aromatic rings. The zero-order valence-electron chi connectivity index (χ0n) is 11.1. The first-order valence-electron chi connectivity index (χ1n) is 6.75. The number of nitrogens with one attached hydrogen (secondary N) is 1. The Hall–Kier alpha value is -0.860. The van der Waals surface area contributed by atoms with Crippen LogP contribution in [0.4, 0.5) is 5.69 Å². The molecule has 1 saturated carbocycles. The van der Waals surface area contributed by atoms with Crippen LogP contribution in [-0.2, 0) is 4.79 Å². The largest absolute Gasteiger partial charge is 0.324 e. The maximum atomic E-state index is 12.5. The van der Waals surface area contributed by atoms with E-state index in [4.69, 9.17) is 0 Å². The number of carbonyl (C=O) groups is 1. The Balaban J connectivity index is 2.19. The Morgan fingerprint density at radius 2 is 1.85 bits per heavy atom. The first-order valence-corrected chi connectivity index (χ1v) is 8.34. The Morgan fingerprint density at radius 1 is 1.20 bits per heavy atom. The van der Waals surface area contributed by atoms with Crippen molar-refractivity contribution in [2.45, 2.75) is 38.5 Å².